The van der Waals surface area contributed by atoms with E-state index in [2.05, 4.69) is 10.3 Å². The summed E-state index contributed by atoms with van der Waals surface area (Å²) in [7, 11) is 0. The maximum Gasteiger partial charge on any atom is 0.249 e. The number of carbonyl (C=O) groups is 1. The van der Waals surface area contributed by atoms with E-state index in [1.165, 1.54) is 0 Å². The number of aromatic nitrogens is 2. The lowest BCUT2D eigenvalue weighted by Gasteiger charge is -2.13. The van der Waals surface area contributed by atoms with Crippen LogP contribution >= 0.6 is 48.2 Å². The van der Waals surface area contributed by atoms with Crippen LogP contribution in [0, 0.1) is 0 Å². The fraction of sp³-hybridized carbons (Fsp3) is 0.176. The zero-order valence-electron chi connectivity index (χ0n) is 13.0. The molecule has 0 aliphatic carbocycles. The minimum atomic E-state index is -0.222. The highest BCUT2D eigenvalue weighted by Crippen LogP contribution is 2.33. The third kappa shape index (κ3) is 3.96. The van der Waals surface area contributed by atoms with Crippen LogP contribution in [0.1, 0.15) is 15.7 Å². The van der Waals surface area contributed by atoms with E-state index in [0.29, 0.717) is 5.02 Å². The standard InChI is InChI=1S/C17H14ClN3OS.2ClH/c18-13-4-3-11-5-7-21(15(11)8-13)17(22)14-10-23-16(20-14)12-2-1-6-19-9-12;;/h1-9,14,16,20H,10H2;2*1H. The lowest BCUT2D eigenvalue weighted by molar-refractivity contribution is 0.0879. The number of hydrogen-bond donors (Lipinski definition) is 1. The Labute approximate surface area is 167 Å². The molecule has 1 fully saturated rings. The summed E-state index contributed by atoms with van der Waals surface area (Å²) in [5.41, 5.74) is 1.94. The molecule has 0 spiro atoms. The molecule has 1 aliphatic rings. The topological polar surface area (TPSA) is 46.9 Å². The molecule has 1 N–H and O–H groups in total. The highest BCUT2D eigenvalue weighted by molar-refractivity contribution is 7.99. The maximum absolute atomic E-state index is 12.8. The van der Waals surface area contributed by atoms with E-state index in [1.54, 1.807) is 22.5 Å². The largest absolute Gasteiger partial charge is 0.290 e. The van der Waals surface area contributed by atoms with E-state index in [-0.39, 0.29) is 42.1 Å². The number of halogens is 3. The van der Waals surface area contributed by atoms with Crippen LogP contribution in [0.25, 0.3) is 10.9 Å². The normalized spacial score (nSPS) is 19.2. The molecule has 1 aliphatic heterocycles. The molecule has 2 aromatic heterocycles. The van der Waals surface area contributed by atoms with Crippen molar-refractivity contribution in [1.82, 2.24) is 14.9 Å². The summed E-state index contributed by atoms with van der Waals surface area (Å²) in [5.74, 6) is 0.777. The average Bonchev–Trinajstić information content (AvgIpc) is 3.22. The van der Waals surface area contributed by atoms with Gasteiger partial charge in [-0.05, 0) is 29.8 Å². The predicted molar refractivity (Wildman–Crippen MR) is 108 cm³/mol. The molecule has 3 heterocycles. The molecule has 0 saturated carbocycles. The Morgan fingerprint density at radius 3 is 2.88 bits per heavy atom. The van der Waals surface area contributed by atoms with Crippen molar-refractivity contribution in [2.75, 3.05) is 5.75 Å². The Hall–Kier alpha value is -1.24. The molecule has 1 saturated heterocycles. The van der Waals surface area contributed by atoms with Crippen molar-refractivity contribution in [2.24, 2.45) is 0 Å². The van der Waals surface area contributed by atoms with Crippen LogP contribution in [-0.2, 0) is 0 Å². The molecule has 0 amide bonds. The molecule has 4 nitrogen and oxygen atoms in total. The lowest BCUT2D eigenvalue weighted by Crippen LogP contribution is -2.37. The minimum Gasteiger partial charge on any atom is -0.290 e. The number of rotatable bonds is 2. The third-order valence-electron chi connectivity index (χ3n) is 3.96. The highest BCUT2D eigenvalue weighted by Gasteiger charge is 2.31. The number of fused-ring (bicyclic) bond motifs is 1. The van der Waals surface area contributed by atoms with Gasteiger partial charge in [-0.3, -0.25) is 19.7 Å². The summed E-state index contributed by atoms with van der Waals surface area (Å²) in [6.07, 6.45) is 5.40. The first-order valence-corrected chi connectivity index (χ1v) is 8.73. The van der Waals surface area contributed by atoms with Gasteiger partial charge in [0.2, 0.25) is 5.91 Å². The van der Waals surface area contributed by atoms with E-state index >= 15 is 0 Å². The molecule has 25 heavy (non-hydrogen) atoms. The number of hydrogen-bond acceptors (Lipinski definition) is 4. The summed E-state index contributed by atoms with van der Waals surface area (Å²) in [5, 5.41) is 5.14. The van der Waals surface area contributed by atoms with Gasteiger partial charge in [0.25, 0.3) is 0 Å². The van der Waals surface area contributed by atoms with Gasteiger partial charge >= 0.3 is 0 Å². The Bertz CT molecular complexity index is 872. The van der Waals surface area contributed by atoms with Gasteiger partial charge in [-0.2, -0.15) is 0 Å². The first-order chi connectivity index (χ1) is 11.2. The van der Waals surface area contributed by atoms with Crippen molar-refractivity contribution >= 4 is 65.0 Å². The van der Waals surface area contributed by atoms with Crippen molar-refractivity contribution < 1.29 is 4.79 Å². The van der Waals surface area contributed by atoms with Crippen molar-refractivity contribution in [3.8, 4) is 0 Å². The zero-order chi connectivity index (χ0) is 15.8. The van der Waals surface area contributed by atoms with E-state index in [0.717, 1.165) is 22.2 Å². The predicted octanol–water partition coefficient (Wildman–Crippen LogP) is 4.58. The number of thioether (sulfide) groups is 1. The minimum absolute atomic E-state index is 0. The van der Waals surface area contributed by atoms with Crippen molar-refractivity contribution in [3.05, 3.63) is 65.6 Å². The van der Waals surface area contributed by atoms with Crippen LogP contribution in [0.5, 0.6) is 0 Å². The summed E-state index contributed by atoms with van der Waals surface area (Å²) >= 11 is 7.79. The average molecular weight is 417 g/mol. The van der Waals surface area contributed by atoms with Gasteiger partial charge in [-0.1, -0.05) is 23.7 Å². The third-order valence-corrected chi connectivity index (χ3v) is 5.46. The summed E-state index contributed by atoms with van der Waals surface area (Å²) < 4.78 is 1.69. The maximum atomic E-state index is 12.8. The molecular weight excluding hydrogens is 401 g/mol. The number of nitrogens with zero attached hydrogens (tertiary/aromatic N) is 2. The number of pyridine rings is 1. The van der Waals surface area contributed by atoms with E-state index in [9.17, 15) is 4.79 Å². The van der Waals surface area contributed by atoms with Crippen LogP contribution in [0.3, 0.4) is 0 Å². The summed E-state index contributed by atoms with van der Waals surface area (Å²) in [6.45, 7) is 0. The van der Waals surface area contributed by atoms with Gasteiger partial charge in [0.05, 0.1) is 16.9 Å². The van der Waals surface area contributed by atoms with Gasteiger partial charge in [0, 0.05) is 34.8 Å². The molecular formula is C17H16Cl3N3OS. The second-order valence-electron chi connectivity index (χ2n) is 5.45. The number of benzene rings is 1. The molecule has 2 atom stereocenters. The molecule has 2 unspecified atom stereocenters. The van der Waals surface area contributed by atoms with Crippen molar-refractivity contribution in [2.45, 2.75) is 11.4 Å². The van der Waals surface area contributed by atoms with Gasteiger partial charge < -0.3 is 0 Å². The summed E-state index contributed by atoms with van der Waals surface area (Å²) in [6, 6.07) is 11.2. The monoisotopic (exact) mass is 415 g/mol. The van der Waals surface area contributed by atoms with Crippen molar-refractivity contribution in [1.29, 1.82) is 0 Å². The fourth-order valence-electron chi connectivity index (χ4n) is 2.80. The zero-order valence-corrected chi connectivity index (χ0v) is 16.2. The van der Waals surface area contributed by atoms with Gasteiger partial charge in [0.1, 0.15) is 0 Å². The van der Waals surface area contributed by atoms with Gasteiger partial charge in [-0.15, -0.1) is 36.6 Å². The van der Waals surface area contributed by atoms with Crippen LogP contribution in [0.2, 0.25) is 5.02 Å². The van der Waals surface area contributed by atoms with E-state index in [4.69, 9.17) is 11.6 Å². The van der Waals surface area contributed by atoms with Crippen molar-refractivity contribution in [3.63, 3.8) is 0 Å². The molecule has 4 rings (SSSR count). The Morgan fingerprint density at radius 1 is 1.28 bits per heavy atom. The first kappa shape index (κ1) is 20.1. The van der Waals surface area contributed by atoms with E-state index in [1.807, 2.05) is 48.8 Å². The van der Waals surface area contributed by atoms with Crippen LogP contribution in [-0.4, -0.2) is 27.3 Å². The second-order valence-corrected chi connectivity index (χ2v) is 7.02. The highest BCUT2D eigenvalue weighted by atomic mass is 35.5. The second kappa shape index (κ2) is 8.43. The van der Waals surface area contributed by atoms with Crippen LogP contribution in [0.15, 0.2) is 55.0 Å². The van der Waals surface area contributed by atoms with Gasteiger partial charge in [-0.25, -0.2) is 0 Å². The van der Waals surface area contributed by atoms with E-state index < -0.39 is 0 Å². The SMILES string of the molecule is Cl.Cl.O=C(C1CSC(c2cccnc2)N1)n1ccc2ccc(Cl)cc21. The molecule has 0 bridgehead atoms. The Balaban J connectivity index is 0.00000113. The van der Waals surface area contributed by atoms with Gasteiger partial charge in [0.15, 0.2) is 0 Å². The molecule has 3 aromatic rings. The summed E-state index contributed by atoms with van der Waals surface area (Å²) in [4.78, 5) is 17.0. The number of carbonyl (C=O) groups excluding carboxylic acids is 1. The molecule has 8 heteroatoms. The molecule has 1 aromatic carbocycles. The Kier molecular flexibility index (Phi) is 6.77. The van der Waals surface area contributed by atoms with Crippen LogP contribution in [0.4, 0.5) is 0 Å². The molecule has 0 radical (unpaired) electrons. The first-order valence-electron chi connectivity index (χ1n) is 7.31. The lowest BCUT2D eigenvalue weighted by atomic mass is 10.2. The van der Waals surface area contributed by atoms with Crippen LogP contribution < -0.4 is 5.32 Å². The quantitative estimate of drug-likeness (QED) is 0.664. The Morgan fingerprint density at radius 2 is 2.12 bits per heavy atom. The molecule has 132 valence electrons. The fourth-order valence-corrected chi connectivity index (χ4v) is 4.18. The number of nitrogens with one attached hydrogen (secondary N) is 1. The smallest absolute Gasteiger partial charge is 0.249 e.